The maximum atomic E-state index is 6.02. The third-order valence-corrected chi connectivity index (χ3v) is 4.20. The fourth-order valence-corrected chi connectivity index (χ4v) is 3.00. The van der Waals surface area contributed by atoms with Gasteiger partial charge in [-0.3, -0.25) is 0 Å². The van der Waals surface area contributed by atoms with Crippen LogP contribution < -0.4 is 4.74 Å². The number of benzene rings is 1. The molecule has 1 atom stereocenters. The van der Waals surface area contributed by atoms with Gasteiger partial charge in [-0.05, 0) is 43.9 Å². The van der Waals surface area contributed by atoms with Gasteiger partial charge >= 0.3 is 0 Å². The normalized spacial score (nSPS) is 18.2. The first-order chi connectivity index (χ1) is 11.3. The molecule has 0 saturated carbocycles. The van der Waals surface area contributed by atoms with E-state index in [-0.39, 0.29) is 6.23 Å². The molecule has 23 heavy (non-hydrogen) atoms. The number of rotatable bonds is 3. The summed E-state index contributed by atoms with van der Waals surface area (Å²) in [7, 11) is 0. The lowest BCUT2D eigenvalue weighted by Gasteiger charge is -2.23. The van der Waals surface area contributed by atoms with Gasteiger partial charge in [0.15, 0.2) is 6.23 Å². The van der Waals surface area contributed by atoms with Crippen molar-refractivity contribution in [1.82, 2.24) is 14.8 Å². The Morgan fingerprint density at radius 3 is 2.96 bits per heavy atom. The summed E-state index contributed by atoms with van der Waals surface area (Å²) in [5, 5.41) is 5.54. The zero-order chi connectivity index (χ0) is 15.6. The predicted molar refractivity (Wildman–Crippen MR) is 87.6 cm³/mol. The zero-order valence-electron chi connectivity index (χ0n) is 13.1. The molecule has 1 aromatic carbocycles. The molecule has 1 unspecified atom stereocenters. The van der Waals surface area contributed by atoms with Crippen molar-refractivity contribution in [1.29, 1.82) is 0 Å². The van der Waals surface area contributed by atoms with Gasteiger partial charge in [0, 0.05) is 18.9 Å². The Bertz CT molecular complexity index is 808. The molecule has 1 saturated heterocycles. The van der Waals surface area contributed by atoms with Crippen molar-refractivity contribution in [3.8, 4) is 11.6 Å². The van der Waals surface area contributed by atoms with Crippen molar-refractivity contribution in [2.75, 3.05) is 6.61 Å². The van der Waals surface area contributed by atoms with Gasteiger partial charge in [0.25, 0.3) is 0 Å². The summed E-state index contributed by atoms with van der Waals surface area (Å²) in [6.07, 6.45) is 6.91. The van der Waals surface area contributed by atoms with Crippen LogP contribution in [-0.4, -0.2) is 21.4 Å². The number of aryl methyl sites for hydroxylation is 1. The van der Waals surface area contributed by atoms with Gasteiger partial charge in [-0.25, -0.2) is 9.67 Å². The minimum Gasteiger partial charge on any atom is -0.438 e. The molecular weight excluding hydrogens is 290 g/mol. The Morgan fingerprint density at radius 2 is 2.17 bits per heavy atom. The van der Waals surface area contributed by atoms with Crippen LogP contribution in [0.3, 0.4) is 0 Å². The van der Waals surface area contributed by atoms with Crippen LogP contribution in [0.25, 0.3) is 10.9 Å². The Morgan fingerprint density at radius 1 is 1.22 bits per heavy atom. The average molecular weight is 309 g/mol. The molecule has 0 spiro atoms. The first kappa shape index (κ1) is 14.2. The molecule has 5 nitrogen and oxygen atoms in total. The van der Waals surface area contributed by atoms with Crippen LogP contribution in [0.5, 0.6) is 11.6 Å². The number of fused-ring (bicyclic) bond motifs is 1. The molecule has 4 rings (SSSR count). The highest BCUT2D eigenvalue weighted by molar-refractivity contribution is 5.87. The first-order valence-corrected chi connectivity index (χ1v) is 8.00. The van der Waals surface area contributed by atoms with Crippen LogP contribution in [0.15, 0.2) is 42.7 Å². The number of pyridine rings is 1. The van der Waals surface area contributed by atoms with Gasteiger partial charge < -0.3 is 9.47 Å². The fourth-order valence-electron chi connectivity index (χ4n) is 3.00. The number of aromatic nitrogens is 3. The van der Waals surface area contributed by atoms with E-state index in [1.165, 1.54) is 6.42 Å². The van der Waals surface area contributed by atoms with E-state index >= 15 is 0 Å². The first-order valence-electron chi connectivity index (χ1n) is 8.00. The SMILES string of the molecule is Cc1ccc2c(cnn2C2CCCCO2)c1Oc1ccccn1. The predicted octanol–water partition coefficient (Wildman–Crippen LogP) is 4.23. The summed E-state index contributed by atoms with van der Waals surface area (Å²) >= 11 is 0. The van der Waals surface area contributed by atoms with Gasteiger partial charge in [0.2, 0.25) is 5.88 Å². The Hall–Kier alpha value is -2.40. The van der Waals surface area contributed by atoms with Crippen LogP contribution in [0.2, 0.25) is 0 Å². The van der Waals surface area contributed by atoms with Gasteiger partial charge in [0.05, 0.1) is 17.1 Å². The van der Waals surface area contributed by atoms with Gasteiger partial charge in [-0.15, -0.1) is 0 Å². The molecule has 0 aliphatic carbocycles. The molecular formula is C18H19N3O2. The number of nitrogens with zero attached hydrogens (tertiary/aromatic N) is 3. The van der Waals surface area contributed by atoms with Crippen LogP contribution in [0, 0.1) is 6.92 Å². The van der Waals surface area contributed by atoms with Crippen molar-refractivity contribution in [3.63, 3.8) is 0 Å². The van der Waals surface area contributed by atoms with E-state index < -0.39 is 0 Å². The largest absolute Gasteiger partial charge is 0.438 e. The Balaban J connectivity index is 1.75. The van der Waals surface area contributed by atoms with Crippen LogP contribution >= 0.6 is 0 Å². The van der Waals surface area contributed by atoms with Crippen molar-refractivity contribution < 1.29 is 9.47 Å². The van der Waals surface area contributed by atoms with Gasteiger partial charge in [-0.2, -0.15) is 5.10 Å². The molecule has 3 heterocycles. The molecule has 0 bridgehead atoms. The molecule has 0 N–H and O–H groups in total. The lowest BCUT2D eigenvalue weighted by Crippen LogP contribution is -2.18. The van der Waals surface area contributed by atoms with Crippen molar-refractivity contribution in [2.24, 2.45) is 0 Å². The molecule has 1 aliphatic rings. The van der Waals surface area contributed by atoms with Crippen molar-refractivity contribution in [3.05, 3.63) is 48.3 Å². The van der Waals surface area contributed by atoms with Crippen molar-refractivity contribution in [2.45, 2.75) is 32.4 Å². The van der Waals surface area contributed by atoms with E-state index in [4.69, 9.17) is 9.47 Å². The van der Waals surface area contributed by atoms with Crippen LogP contribution in [0.1, 0.15) is 31.1 Å². The minimum absolute atomic E-state index is 0.0201. The Labute approximate surface area is 134 Å². The second kappa shape index (κ2) is 6.01. The van der Waals surface area contributed by atoms with E-state index in [0.29, 0.717) is 5.88 Å². The highest BCUT2D eigenvalue weighted by Gasteiger charge is 2.20. The third kappa shape index (κ3) is 2.68. The van der Waals surface area contributed by atoms with Crippen LogP contribution in [-0.2, 0) is 4.74 Å². The van der Waals surface area contributed by atoms with E-state index in [1.807, 2.05) is 36.0 Å². The summed E-state index contributed by atoms with van der Waals surface area (Å²) in [6.45, 7) is 2.83. The van der Waals surface area contributed by atoms with E-state index in [1.54, 1.807) is 6.20 Å². The number of ether oxygens (including phenoxy) is 2. The van der Waals surface area contributed by atoms with E-state index in [9.17, 15) is 0 Å². The summed E-state index contributed by atoms with van der Waals surface area (Å²) in [5.74, 6) is 1.40. The fraction of sp³-hybridized carbons (Fsp3) is 0.333. The Kier molecular flexibility index (Phi) is 3.71. The molecule has 0 amide bonds. The monoisotopic (exact) mass is 309 g/mol. The van der Waals surface area contributed by atoms with E-state index in [0.717, 1.165) is 41.7 Å². The second-order valence-electron chi connectivity index (χ2n) is 5.82. The molecule has 1 fully saturated rings. The highest BCUT2D eigenvalue weighted by Crippen LogP contribution is 2.35. The quantitative estimate of drug-likeness (QED) is 0.726. The lowest BCUT2D eigenvalue weighted by atomic mass is 10.1. The standard InChI is InChI=1S/C18H19N3O2/c1-13-8-9-15-14(18(13)23-16-6-2-4-10-19-16)12-20-21(15)17-7-3-5-11-22-17/h2,4,6,8-10,12,17H,3,5,7,11H2,1H3. The number of hydrogen-bond donors (Lipinski definition) is 0. The average Bonchev–Trinajstić information content (AvgIpc) is 3.03. The van der Waals surface area contributed by atoms with Gasteiger partial charge in [-0.1, -0.05) is 12.1 Å². The molecule has 3 aromatic rings. The highest BCUT2D eigenvalue weighted by atomic mass is 16.5. The summed E-state index contributed by atoms with van der Waals surface area (Å²) < 4.78 is 13.9. The summed E-state index contributed by atoms with van der Waals surface area (Å²) in [6, 6.07) is 9.78. The lowest BCUT2D eigenvalue weighted by molar-refractivity contribution is -0.0366. The topological polar surface area (TPSA) is 49.2 Å². The molecule has 118 valence electrons. The van der Waals surface area contributed by atoms with Crippen LogP contribution in [0.4, 0.5) is 0 Å². The molecule has 5 heteroatoms. The smallest absolute Gasteiger partial charge is 0.219 e. The second-order valence-corrected chi connectivity index (χ2v) is 5.82. The third-order valence-electron chi connectivity index (χ3n) is 4.20. The number of hydrogen-bond acceptors (Lipinski definition) is 4. The van der Waals surface area contributed by atoms with E-state index in [2.05, 4.69) is 22.2 Å². The van der Waals surface area contributed by atoms with Gasteiger partial charge in [0.1, 0.15) is 5.75 Å². The van der Waals surface area contributed by atoms with Crippen molar-refractivity contribution >= 4 is 10.9 Å². The molecule has 0 radical (unpaired) electrons. The maximum absolute atomic E-state index is 6.02. The zero-order valence-corrected chi connectivity index (χ0v) is 13.1. The maximum Gasteiger partial charge on any atom is 0.219 e. The minimum atomic E-state index is 0.0201. The molecule has 1 aliphatic heterocycles. The summed E-state index contributed by atoms with van der Waals surface area (Å²) in [5.41, 5.74) is 2.10. The molecule has 2 aromatic heterocycles. The summed E-state index contributed by atoms with van der Waals surface area (Å²) in [4.78, 5) is 4.24.